The van der Waals surface area contributed by atoms with E-state index in [1.807, 2.05) is 20.8 Å². The molecule has 13 heavy (non-hydrogen) atoms. The van der Waals surface area contributed by atoms with Crippen molar-refractivity contribution in [2.75, 3.05) is 0 Å². The van der Waals surface area contributed by atoms with Crippen LogP contribution >= 0.6 is 0 Å². The van der Waals surface area contributed by atoms with Crippen molar-refractivity contribution in [1.29, 1.82) is 0 Å². The van der Waals surface area contributed by atoms with Crippen LogP contribution in [0.5, 0.6) is 0 Å². The second-order valence-electron chi connectivity index (χ2n) is 3.55. The zero-order valence-electron chi connectivity index (χ0n) is 8.19. The number of rotatable bonds is 1. The van der Waals surface area contributed by atoms with Gasteiger partial charge in [0.15, 0.2) is 0 Å². The van der Waals surface area contributed by atoms with Crippen molar-refractivity contribution in [3.05, 3.63) is 0 Å². The van der Waals surface area contributed by atoms with Crippen LogP contribution in [0.1, 0.15) is 27.2 Å². The Hall–Kier alpha value is -1.65. The van der Waals surface area contributed by atoms with Gasteiger partial charge in [-0.2, -0.15) is 0 Å². The molecule has 0 amide bonds. The first-order valence-electron chi connectivity index (χ1n) is 3.95. The highest BCUT2D eigenvalue weighted by Crippen LogP contribution is 2.15. The number of terminal acetylenes is 1. The Labute approximate surface area is 79.9 Å². The fourth-order valence-corrected chi connectivity index (χ4v) is 0.501. The number of carbonyl (C=O) groups is 1. The monoisotopic (exact) mass is 172 g/mol. The molecule has 0 unspecified atom stereocenters. The van der Waals surface area contributed by atoms with Gasteiger partial charge in [0.2, 0.25) is 0 Å². The third-order valence-electron chi connectivity index (χ3n) is 1.37. The summed E-state index contributed by atoms with van der Waals surface area (Å²) in [5.74, 6) is 12.2. The maximum atomic E-state index is 11.3. The Balaban J connectivity index is 4.11. The van der Waals surface area contributed by atoms with Crippen LogP contribution in [0.15, 0.2) is 0 Å². The summed E-state index contributed by atoms with van der Waals surface area (Å²) in [6, 6.07) is 0. The molecule has 0 fully saturated rings. The van der Waals surface area contributed by atoms with Gasteiger partial charge < -0.3 is 0 Å². The number of ketones is 1. The minimum Gasteiger partial charge on any atom is -0.298 e. The summed E-state index contributed by atoms with van der Waals surface area (Å²) in [7, 11) is 0. The molecule has 0 aliphatic carbocycles. The molecule has 66 valence electrons. The van der Waals surface area contributed by atoms with E-state index in [1.54, 1.807) is 0 Å². The van der Waals surface area contributed by atoms with E-state index in [0.717, 1.165) is 0 Å². The largest absolute Gasteiger partial charge is 0.298 e. The average Bonchev–Trinajstić information content (AvgIpc) is 2.02. The molecular formula is C12H12O. The highest BCUT2D eigenvalue weighted by Gasteiger charge is 2.19. The van der Waals surface area contributed by atoms with Gasteiger partial charge in [-0.3, -0.25) is 4.79 Å². The van der Waals surface area contributed by atoms with Gasteiger partial charge in [-0.15, -0.1) is 6.42 Å². The molecule has 0 rings (SSSR count). The molecule has 0 spiro atoms. The Kier molecular flexibility index (Phi) is 4.43. The van der Waals surface area contributed by atoms with Gasteiger partial charge in [-0.05, 0) is 23.7 Å². The summed E-state index contributed by atoms with van der Waals surface area (Å²) in [6.07, 6.45) is 5.12. The lowest BCUT2D eigenvalue weighted by Gasteiger charge is -2.13. The molecule has 0 aliphatic rings. The van der Waals surface area contributed by atoms with Crippen molar-refractivity contribution in [1.82, 2.24) is 0 Å². The van der Waals surface area contributed by atoms with Crippen LogP contribution in [0.3, 0.4) is 0 Å². The van der Waals surface area contributed by atoms with Gasteiger partial charge in [0.25, 0.3) is 0 Å². The predicted molar refractivity (Wildman–Crippen MR) is 53.5 cm³/mol. The van der Waals surface area contributed by atoms with Gasteiger partial charge >= 0.3 is 0 Å². The second-order valence-corrected chi connectivity index (χ2v) is 3.55. The summed E-state index contributed by atoms with van der Waals surface area (Å²) >= 11 is 0. The molecule has 0 radical (unpaired) electrons. The molecule has 1 heteroatoms. The Morgan fingerprint density at radius 3 is 2.31 bits per heavy atom. The molecule has 0 saturated carbocycles. The summed E-state index contributed by atoms with van der Waals surface area (Å²) in [5.41, 5.74) is -0.325. The van der Waals surface area contributed by atoms with Crippen LogP contribution in [0.25, 0.3) is 0 Å². The van der Waals surface area contributed by atoms with E-state index in [4.69, 9.17) is 6.42 Å². The highest BCUT2D eigenvalue weighted by atomic mass is 16.1. The first-order valence-corrected chi connectivity index (χ1v) is 3.95. The van der Waals surface area contributed by atoms with Crippen molar-refractivity contribution in [3.63, 3.8) is 0 Å². The van der Waals surface area contributed by atoms with Crippen LogP contribution in [-0.4, -0.2) is 5.78 Å². The second kappa shape index (κ2) is 5.08. The van der Waals surface area contributed by atoms with E-state index in [-0.39, 0.29) is 17.6 Å². The van der Waals surface area contributed by atoms with Crippen LogP contribution in [0.2, 0.25) is 0 Å². The zero-order chi connectivity index (χ0) is 10.3. The number of hydrogen-bond donors (Lipinski definition) is 0. The standard InChI is InChI=1S/C12H12O/c1-5-6-7-8-9-10-11(13)12(2,3)4/h1H,10H2,2-4H3. The Morgan fingerprint density at radius 2 is 1.85 bits per heavy atom. The average molecular weight is 172 g/mol. The van der Waals surface area contributed by atoms with Gasteiger partial charge in [-0.25, -0.2) is 0 Å². The van der Waals surface area contributed by atoms with Crippen molar-refractivity contribution >= 4 is 5.78 Å². The minimum atomic E-state index is -0.325. The predicted octanol–water partition coefficient (Wildman–Crippen LogP) is 1.63. The minimum absolute atomic E-state index is 0.113. The van der Waals surface area contributed by atoms with E-state index in [9.17, 15) is 4.79 Å². The van der Waals surface area contributed by atoms with E-state index < -0.39 is 0 Å². The van der Waals surface area contributed by atoms with Crippen LogP contribution in [-0.2, 0) is 4.79 Å². The molecule has 0 heterocycles. The third-order valence-corrected chi connectivity index (χ3v) is 1.37. The summed E-state index contributed by atoms with van der Waals surface area (Å²) in [5, 5.41) is 0. The van der Waals surface area contributed by atoms with Crippen LogP contribution < -0.4 is 0 Å². The lowest BCUT2D eigenvalue weighted by Crippen LogP contribution is -2.18. The molecule has 0 aromatic rings. The molecule has 0 saturated heterocycles. The van der Waals surface area contributed by atoms with E-state index in [0.29, 0.717) is 0 Å². The fourth-order valence-electron chi connectivity index (χ4n) is 0.501. The zero-order valence-corrected chi connectivity index (χ0v) is 8.19. The smallest absolute Gasteiger partial charge is 0.150 e. The van der Waals surface area contributed by atoms with Gasteiger partial charge in [0.05, 0.1) is 6.42 Å². The quantitative estimate of drug-likeness (QED) is 0.549. The molecule has 0 N–H and O–H groups in total. The fraction of sp³-hybridized carbons (Fsp3) is 0.417. The molecule has 0 bridgehead atoms. The maximum Gasteiger partial charge on any atom is 0.150 e. The van der Waals surface area contributed by atoms with Gasteiger partial charge in [0.1, 0.15) is 5.78 Å². The summed E-state index contributed by atoms with van der Waals surface area (Å²) in [4.78, 5) is 11.3. The summed E-state index contributed by atoms with van der Waals surface area (Å²) < 4.78 is 0. The SMILES string of the molecule is C#CC#CC#CCC(=O)C(C)(C)C. The first kappa shape index (κ1) is 11.4. The lowest BCUT2D eigenvalue weighted by molar-refractivity contribution is -0.125. The number of hydrogen-bond acceptors (Lipinski definition) is 1. The molecule has 0 aromatic carbocycles. The topological polar surface area (TPSA) is 17.1 Å². The molecule has 0 atom stereocenters. The normalized spacial score (nSPS) is 8.46. The van der Waals surface area contributed by atoms with Crippen LogP contribution in [0, 0.1) is 41.4 Å². The highest BCUT2D eigenvalue weighted by molar-refractivity contribution is 5.85. The number of Topliss-reactive ketones (excluding diaryl/α,β-unsaturated/α-hetero) is 1. The van der Waals surface area contributed by atoms with Crippen molar-refractivity contribution in [2.24, 2.45) is 5.41 Å². The third kappa shape index (κ3) is 5.60. The van der Waals surface area contributed by atoms with Gasteiger partial charge in [0, 0.05) is 5.41 Å². The van der Waals surface area contributed by atoms with Crippen molar-refractivity contribution < 1.29 is 4.79 Å². The molecule has 0 aromatic heterocycles. The van der Waals surface area contributed by atoms with Gasteiger partial charge in [-0.1, -0.05) is 26.7 Å². The number of carbonyl (C=O) groups excluding carboxylic acids is 1. The van der Waals surface area contributed by atoms with Crippen molar-refractivity contribution in [2.45, 2.75) is 27.2 Å². The van der Waals surface area contributed by atoms with E-state index in [1.165, 1.54) is 0 Å². The Morgan fingerprint density at radius 1 is 1.23 bits per heavy atom. The summed E-state index contributed by atoms with van der Waals surface area (Å²) in [6.45, 7) is 5.60. The molecule has 1 nitrogen and oxygen atoms in total. The van der Waals surface area contributed by atoms with E-state index >= 15 is 0 Å². The maximum absolute atomic E-state index is 11.3. The first-order chi connectivity index (χ1) is 5.98. The van der Waals surface area contributed by atoms with E-state index in [2.05, 4.69) is 29.6 Å². The van der Waals surface area contributed by atoms with Crippen molar-refractivity contribution in [3.8, 4) is 36.0 Å². The Bertz CT molecular complexity index is 339. The lowest BCUT2D eigenvalue weighted by atomic mass is 9.89. The molecular weight excluding hydrogens is 160 g/mol. The molecule has 0 aliphatic heterocycles. The van der Waals surface area contributed by atoms with Crippen LogP contribution in [0.4, 0.5) is 0 Å².